The number of nitrogens with zero attached hydrogens (tertiary/aromatic N) is 4. The first-order chi connectivity index (χ1) is 15.8. The van der Waals surface area contributed by atoms with Gasteiger partial charge in [0.2, 0.25) is 5.88 Å². The zero-order valence-corrected chi connectivity index (χ0v) is 17.6. The van der Waals surface area contributed by atoms with Crippen LogP contribution in [0.4, 0.5) is 24.7 Å². The summed E-state index contributed by atoms with van der Waals surface area (Å²) in [6, 6.07) is 7.74. The molecular weight excluding hydrogens is 463 g/mol. The SMILES string of the molecule is OCCOCn1ccc2ncnc(Nc3cnc(Oc4cccc(C(F)(F)F)c4)c(Cl)c3)c21. The molecule has 0 aliphatic carbocycles. The van der Waals surface area contributed by atoms with Crippen molar-refractivity contribution in [1.82, 2.24) is 19.5 Å². The molecule has 0 atom stereocenters. The fraction of sp³-hybridized carbons (Fsp3) is 0.190. The van der Waals surface area contributed by atoms with Gasteiger partial charge in [0.15, 0.2) is 5.82 Å². The predicted molar refractivity (Wildman–Crippen MR) is 115 cm³/mol. The number of aliphatic hydroxyl groups excluding tert-OH is 1. The van der Waals surface area contributed by atoms with Crippen LogP contribution in [0.15, 0.2) is 55.1 Å². The van der Waals surface area contributed by atoms with E-state index in [1.807, 2.05) is 0 Å². The second-order valence-electron chi connectivity index (χ2n) is 6.77. The predicted octanol–water partition coefficient (Wildman–Crippen LogP) is 5.00. The lowest BCUT2D eigenvalue weighted by Gasteiger charge is -2.12. The maximum atomic E-state index is 12.9. The average molecular weight is 480 g/mol. The first-order valence-corrected chi connectivity index (χ1v) is 9.99. The van der Waals surface area contributed by atoms with E-state index in [1.54, 1.807) is 16.8 Å². The van der Waals surface area contributed by atoms with E-state index in [4.69, 9.17) is 26.2 Å². The molecule has 0 amide bonds. The minimum absolute atomic E-state index is 0.0434. The second kappa shape index (κ2) is 9.61. The van der Waals surface area contributed by atoms with E-state index >= 15 is 0 Å². The fourth-order valence-corrected chi connectivity index (χ4v) is 3.22. The van der Waals surface area contributed by atoms with Crippen LogP contribution in [0.25, 0.3) is 11.0 Å². The lowest BCUT2D eigenvalue weighted by atomic mass is 10.2. The number of hydrogen-bond acceptors (Lipinski definition) is 7. The third-order valence-corrected chi connectivity index (χ3v) is 4.73. The van der Waals surface area contributed by atoms with E-state index in [0.29, 0.717) is 22.5 Å². The van der Waals surface area contributed by atoms with Gasteiger partial charge in [-0.2, -0.15) is 13.2 Å². The van der Waals surface area contributed by atoms with E-state index in [9.17, 15) is 13.2 Å². The number of aromatic nitrogens is 4. The van der Waals surface area contributed by atoms with Crippen LogP contribution in [-0.4, -0.2) is 37.8 Å². The molecule has 33 heavy (non-hydrogen) atoms. The molecule has 8 nitrogen and oxygen atoms in total. The normalized spacial score (nSPS) is 11.7. The third-order valence-electron chi connectivity index (χ3n) is 4.46. The molecule has 1 aromatic carbocycles. The van der Waals surface area contributed by atoms with Gasteiger partial charge in [-0.15, -0.1) is 0 Å². The smallest absolute Gasteiger partial charge is 0.416 e. The molecule has 2 N–H and O–H groups in total. The molecule has 0 saturated carbocycles. The van der Waals surface area contributed by atoms with Crippen molar-refractivity contribution < 1.29 is 27.8 Å². The van der Waals surface area contributed by atoms with Gasteiger partial charge in [0.05, 0.1) is 36.2 Å². The number of hydrogen-bond donors (Lipinski definition) is 2. The molecule has 0 aliphatic heterocycles. The lowest BCUT2D eigenvalue weighted by molar-refractivity contribution is -0.137. The van der Waals surface area contributed by atoms with Crippen molar-refractivity contribution in [3.63, 3.8) is 0 Å². The minimum atomic E-state index is -4.49. The highest BCUT2D eigenvalue weighted by Gasteiger charge is 2.30. The Morgan fingerprint density at radius 2 is 1.97 bits per heavy atom. The molecule has 0 saturated heterocycles. The molecule has 0 spiro atoms. The highest BCUT2D eigenvalue weighted by Crippen LogP contribution is 2.35. The number of benzene rings is 1. The topological polar surface area (TPSA) is 94.3 Å². The van der Waals surface area contributed by atoms with Crippen LogP contribution in [0.3, 0.4) is 0 Å². The molecule has 3 aromatic heterocycles. The summed E-state index contributed by atoms with van der Waals surface area (Å²) >= 11 is 6.26. The lowest BCUT2D eigenvalue weighted by Crippen LogP contribution is -2.07. The summed E-state index contributed by atoms with van der Waals surface area (Å²) < 4.78 is 51.3. The second-order valence-corrected chi connectivity index (χ2v) is 7.17. The van der Waals surface area contributed by atoms with Crippen molar-refractivity contribution in [3.05, 3.63) is 65.7 Å². The highest BCUT2D eigenvalue weighted by atomic mass is 35.5. The standard InChI is InChI=1S/C21H17ClF3N5O3/c22-16-9-14(10-26-20(16)33-15-3-1-2-13(8-15)21(23,24)25)29-19-18-17(27-11-28-19)4-5-30(18)12-32-7-6-31/h1-5,8-11,31H,6-7,12H2,(H,27,28,29). The molecule has 0 radical (unpaired) electrons. The molecule has 4 rings (SSSR count). The largest absolute Gasteiger partial charge is 0.438 e. The molecule has 3 heterocycles. The Morgan fingerprint density at radius 1 is 1.12 bits per heavy atom. The molecule has 0 bridgehead atoms. The number of alkyl halides is 3. The Balaban J connectivity index is 1.55. The molecule has 0 unspecified atom stereocenters. The van der Waals surface area contributed by atoms with E-state index in [-0.39, 0.29) is 36.6 Å². The van der Waals surface area contributed by atoms with Crippen LogP contribution in [-0.2, 0) is 17.6 Å². The van der Waals surface area contributed by atoms with E-state index in [1.165, 1.54) is 30.7 Å². The summed E-state index contributed by atoms with van der Waals surface area (Å²) in [4.78, 5) is 12.6. The summed E-state index contributed by atoms with van der Waals surface area (Å²) in [6.07, 6.45) is 0.0925. The van der Waals surface area contributed by atoms with Crippen molar-refractivity contribution in [2.24, 2.45) is 0 Å². The number of nitrogens with one attached hydrogen (secondary N) is 1. The van der Waals surface area contributed by atoms with E-state index in [2.05, 4.69) is 20.3 Å². The first kappa shape index (κ1) is 22.8. The number of anilines is 2. The van der Waals surface area contributed by atoms with Gasteiger partial charge in [-0.3, -0.25) is 0 Å². The molecule has 0 aliphatic rings. The van der Waals surface area contributed by atoms with Gasteiger partial charge < -0.3 is 24.5 Å². The van der Waals surface area contributed by atoms with Gasteiger partial charge in [0.25, 0.3) is 0 Å². The summed E-state index contributed by atoms with van der Waals surface area (Å²) in [5.41, 5.74) is 0.966. The molecule has 4 aromatic rings. The van der Waals surface area contributed by atoms with Gasteiger partial charge in [-0.05, 0) is 30.3 Å². The summed E-state index contributed by atoms with van der Waals surface area (Å²) in [7, 11) is 0. The van der Waals surface area contributed by atoms with Gasteiger partial charge in [0, 0.05) is 6.20 Å². The number of rotatable bonds is 8. The van der Waals surface area contributed by atoms with Crippen LogP contribution in [0, 0.1) is 0 Å². The highest BCUT2D eigenvalue weighted by molar-refractivity contribution is 6.32. The fourth-order valence-electron chi connectivity index (χ4n) is 3.01. The number of aliphatic hydroxyl groups is 1. The zero-order chi connectivity index (χ0) is 23.4. The zero-order valence-electron chi connectivity index (χ0n) is 16.9. The number of pyridine rings is 1. The Hall–Kier alpha value is -3.41. The third kappa shape index (κ3) is 5.33. The molecule has 12 heteroatoms. The van der Waals surface area contributed by atoms with Crippen LogP contribution in [0.2, 0.25) is 5.02 Å². The summed E-state index contributed by atoms with van der Waals surface area (Å²) in [5, 5.41) is 12.1. The van der Waals surface area contributed by atoms with Crippen LogP contribution in [0.5, 0.6) is 11.6 Å². The molecule has 0 fully saturated rings. The van der Waals surface area contributed by atoms with Gasteiger partial charge in [0.1, 0.15) is 29.3 Å². The maximum absolute atomic E-state index is 12.9. The monoisotopic (exact) mass is 479 g/mol. The van der Waals surface area contributed by atoms with E-state index < -0.39 is 11.7 Å². The Morgan fingerprint density at radius 3 is 2.73 bits per heavy atom. The van der Waals surface area contributed by atoms with Gasteiger partial charge >= 0.3 is 6.18 Å². The summed E-state index contributed by atoms with van der Waals surface area (Å²) in [5.74, 6) is 0.371. The Bertz CT molecular complexity index is 1270. The Kier molecular flexibility index (Phi) is 6.63. The van der Waals surface area contributed by atoms with Gasteiger partial charge in [-0.1, -0.05) is 17.7 Å². The van der Waals surface area contributed by atoms with E-state index in [0.717, 1.165) is 12.1 Å². The van der Waals surface area contributed by atoms with Gasteiger partial charge in [-0.25, -0.2) is 15.0 Å². The van der Waals surface area contributed by atoms with Crippen molar-refractivity contribution in [3.8, 4) is 11.6 Å². The van der Waals surface area contributed by atoms with Crippen LogP contribution < -0.4 is 10.1 Å². The van der Waals surface area contributed by atoms with Crippen molar-refractivity contribution >= 4 is 34.1 Å². The first-order valence-electron chi connectivity index (χ1n) is 9.61. The van der Waals surface area contributed by atoms with Crippen LogP contribution in [0.1, 0.15) is 5.56 Å². The number of fused-ring (bicyclic) bond motifs is 1. The maximum Gasteiger partial charge on any atom is 0.416 e. The molecular formula is C21H17ClF3N5O3. The average Bonchev–Trinajstić information content (AvgIpc) is 3.20. The minimum Gasteiger partial charge on any atom is -0.438 e. The molecule has 172 valence electrons. The van der Waals surface area contributed by atoms with Crippen molar-refractivity contribution in [2.45, 2.75) is 12.9 Å². The summed E-state index contributed by atoms with van der Waals surface area (Å²) in [6.45, 7) is 0.276. The quantitative estimate of drug-likeness (QED) is 0.343. The number of ether oxygens (including phenoxy) is 2. The number of halogens is 4. The van der Waals surface area contributed by atoms with Crippen LogP contribution >= 0.6 is 11.6 Å². The van der Waals surface area contributed by atoms with Crippen molar-refractivity contribution in [1.29, 1.82) is 0 Å². The Labute approximate surface area is 190 Å². The van der Waals surface area contributed by atoms with Crippen molar-refractivity contribution in [2.75, 3.05) is 18.5 Å².